The third kappa shape index (κ3) is 5.44. The summed E-state index contributed by atoms with van der Waals surface area (Å²) < 4.78 is 11.9. The number of nitrogens with two attached hydrogens (primary N) is 1. The van der Waals surface area contributed by atoms with E-state index in [1.807, 2.05) is 43.3 Å². The van der Waals surface area contributed by atoms with Crippen molar-refractivity contribution in [1.29, 1.82) is 0 Å². The molecule has 4 N–H and O–H groups in total. The van der Waals surface area contributed by atoms with Crippen LogP contribution < -0.4 is 5.73 Å². The molecule has 1 heterocycles. The van der Waals surface area contributed by atoms with E-state index >= 15 is 0 Å². The number of amides is 1. The van der Waals surface area contributed by atoms with Crippen molar-refractivity contribution in [2.24, 2.45) is 11.7 Å². The lowest BCUT2D eigenvalue weighted by atomic mass is 9.65. The van der Waals surface area contributed by atoms with Gasteiger partial charge in [-0.1, -0.05) is 53.6 Å². The van der Waals surface area contributed by atoms with Gasteiger partial charge in [0, 0.05) is 36.9 Å². The summed E-state index contributed by atoms with van der Waals surface area (Å²) in [6.07, 6.45) is 2.75. The van der Waals surface area contributed by atoms with E-state index in [0.29, 0.717) is 49.4 Å². The lowest BCUT2D eigenvalue weighted by Crippen LogP contribution is -2.66. The van der Waals surface area contributed by atoms with E-state index in [-0.39, 0.29) is 19.1 Å². The van der Waals surface area contributed by atoms with Gasteiger partial charge in [-0.05, 0) is 62.1 Å². The van der Waals surface area contributed by atoms with Gasteiger partial charge in [0.15, 0.2) is 0 Å². The van der Waals surface area contributed by atoms with Crippen molar-refractivity contribution in [3.63, 3.8) is 0 Å². The second kappa shape index (κ2) is 11.8. The fourth-order valence-electron chi connectivity index (χ4n) is 6.29. The number of ether oxygens (including phenoxy) is 2. The van der Waals surface area contributed by atoms with E-state index in [1.54, 1.807) is 12.0 Å². The predicted molar refractivity (Wildman–Crippen MR) is 144 cm³/mol. The Kier molecular flexibility index (Phi) is 8.94. The number of hydrogen-bond donors (Lipinski definition) is 3. The summed E-state index contributed by atoms with van der Waals surface area (Å²) in [6.45, 7) is 3.50. The molecule has 1 aliphatic heterocycles. The van der Waals surface area contributed by atoms with Crippen LogP contribution in [0.15, 0.2) is 42.5 Å². The van der Waals surface area contributed by atoms with Gasteiger partial charge in [0.1, 0.15) is 11.2 Å². The zero-order valence-electron chi connectivity index (χ0n) is 21.7. The Labute approximate surface area is 224 Å². The minimum absolute atomic E-state index is 0.196. The molecular formula is C29H39ClN2O5. The molecule has 1 unspecified atom stereocenters. The van der Waals surface area contributed by atoms with Gasteiger partial charge in [-0.2, -0.15) is 0 Å². The maximum absolute atomic E-state index is 13.0. The number of halogens is 1. The molecule has 5 atom stereocenters. The highest BCUT2D eigenvalue weighted by Crippen LogP contribution is 2.53. The molecule has 202 valence electrons. The smallest absolute Gasteiger partial charge is 0.209 e. The van der Waals surface area contributed by atoms with Gasteiger partial charge in [-0.25, -0.2) is 0 Å². The van der Waals surface area contributed by atoms with Gasteiger partial charge in [-0.15, -0.1) is 0 Å². The van der Waals surface area contributed by atoms with Crippen LogP contribution in [0.3, 0.4) is 0 Å². The summed E-state index contributed by atoms with van der Waals surface area (Å²) >= 11 is 6.85. The molecule has 0 aromatic heterocycles. The molecule has 1 saturated carbocycles. The van der Waals surface area contributed by atoms with Crippen molar-refractivity contribution < 1.29 is 24.5 Å². The van der Waals surface area contributed by atoms with Crippen molar-refractivity contribution in [3.8, 4) is 11.1 Å². The van der Waals surface area contributed by atoms with Gasteiger partial charge >= 0.3 is 0 Å². The van der Waals surface area contributed by atoms with Crippen LogP contribution in [-0.2, 0) is 19.9 Å². The highest BCUT2D eigenvalue weighted by molar-refractivity contribution is 6.33. The summed E-state index contributed by atoms with van der Waals surface area (Å²) in [7, 11) is 1.66. The molecular weight excluding hydrogens is 492 g/mol. The van der Waals surface area contributed by atoms with E-state index in [9.17, 15) is 15.0 Å². The average Bonchev–Trinajstić information content (AvgIpc) is 3.24. The quantitative estimate of drug-likeness (QED) is 0.320. The van der Waals surface area contributed by atoms with Gasteiger partial charge in [-0.3, -0.25) is 4.79 Å². The number of carbonyl (C=O) groups is 1. The Bertz CT molecular complexity index is 1070. The van der Waals surface area contributed by atoms with Crippen molar-refractivity contribution in [2.75, 3.05) is 33.4 Å². The highest BCUT2D eigenvalue weighted by atomic mass is 35.5. The number of nitrogens with zero attached hydrogens (tertiary/aromatic N) is 1. The van der Waals surface area contributed by atoms with Crippen molar-refractivity contribution in [2.45, 2.75) is 62.4 Å². The van der Waals surface area contributed by atoms with Crippen molar-refractivity contribution in [3.05, 3.63) is 58.6 Å². The number of aliphatic hydroxyl groups is 2. The summed E-state index contributed by atoms with van der Waals surface area (Å²) in [5.74, 6) is -0.267. The predicted octanol–water partition coefficient (Wildman–Crippen LogP) is 3.65. The van der Waals surface area contributed by atoms with E-state index in [4.69, 9.17) is 26.8 Å². The number of morpholine rings is 1. The van der Waals surface area contributed by atoms with Crippen LogP contribution in [0.25, 0.3) is 11.1 Å². The third-order valence-corrected chi connectivity index (χ3v) is 8.48. The second-order valence-electron chi connectivity index (χ2n) is 10.6. The first-order valence-electron chi connectivity index (χ1n) is 13.1. The molecule has 2 fully saturated rings. The van der Waals surface area contributed by atoms with Crippen molar-refractivity contribution in [1.82, 2.24) is 4.90 Å². The molecule has 8 heteroatoms. The van der Waals surface area contributed by atoms with Crippen LogP contribution in [0, 0.1) is 12.8 Å². The molecule has 1 saturated heterocycles. The minimum atomic E-state index is -1.53. The topological polar surface area (TPSA) is 105 Å². The minimum Gasteiger partial charge on any atom is -0.392 e. The molecule has 0 radical (unpaired) electrons. The normalized spacial score (nSPS) is 27.7. The first-order valence-corrected chi connectivity index (χ1v) is 13.5. The Morgan fingerprint density at radius 1 is 1.27 bits per heavy atom. The maximum Gasteiger partial charge on any atom is 0.209 e. The number of unbranched alkanes of at least 4 members (excludes halogenated alkanes) is 1. The first-order chi connectivity index (χ1) is 17.8. The number of aliphatic hydroxyl groups excluding tert-OH is 1. The van der Waals surface area contributed by atoms with E-state index in [1.165, 1.54) is 0 Å². The zero-order chi connectivity index (χ0) is 26.6. The van der Waals surface area contributed by atoms with Gasteiger partial charge in [0.05, 0.1) is 19.3 Å². The Balaban J connectivity index is 1.93. The first kappa shape index (κ1) is 28.0. The molecule has 2 aliphatic rings. The van der Waals surface area contributed by atoms with Crippen LogP contribution in [0.5, 0.6) is 0 Å². The Hall–Kier alpha value is -2.00. The fraction of sp³-hybridized carbons (Fsp3) is 0.552. The van der Waals surface area contributed by atoms with Crippen LogP contribution in [-0.4, -0.2) is 72.7 Å². The number of methoxy groups -OCH3 is 1. The summed E-state index contributed by atoms with van der Waals surface area (Å²) in [4.78, 5) is 13.7. The molecule has 4 rings (SSSR count). The van der Waals surface area contributed by atoms with Crippen LogP contribution in [0.4, 0.5) is 0 Å². The summed E-state index contributed by atoms with van der Waals surface area (Å²) in [5, 5.41) is 24.2. The summed E-state index contributed by atoms with van der Waals surface area (Å²) in [6, 6.07) is 13.2. The van der Waals surface area contributed by atoms with Gasteiger partial charge in [0.2, 0.25) is 6.41 Å². The molecule has 1 aliphatic carbocycles. The van der Waals surface area contributed by atoms with Crippen LogP contribution in [0.2, 0.25) is 5.02 Å². The van der Waals surface area contributed by atoms with E-state index in [2.05, 4.69) is 6.07 Å². The van der Waals surface area contributed by atoms with Gasteiger partial charge in [0.25, 0.3) is 0 Å². The molecule has 2 aromatic rings. The van der Waals surface area contributed by atoms with Crippen molar-refractivity contribution >= 4 is 18.0 Å². The molecule has 0 spiro atoms. The number of aryl methyl sites for hydroxylation is 1. The number of benzene rings is 2. The standard InChI is InChI=1S/C29H39ClN2O5/c1-20-7-5-8-21(15-20)27-23(9-6-10-24(27)30)28(35,11-3-4-13-36-2)29(18-32(19-33)12-14-37-29)22-16-25(31)26(34)17-22/h5-10,15,19,22,25-26,34-35H,3-4,11-14,16-18,31H2,1-2H3/t22-,25+,26-,28+,29?/m0/s1. The molecule has 0 bridgehead atoms. The van der Waals surface area contributed by atoms with Gasteiger partial charge < -0.3 is 30.3 Å². The lowest BCUT2D eigenvalue weighted by Gasteiger charge is -2.55. The van der Waals surface area contributed by atoms with Crippen LogP contribution >= 0.6 is 11.6 Å². The number of carbonyl (C=O) groups excluding carboxylic acids is 1. The average molecular weight is 531 g/mol. The molecule has 37 heavy (non-hydrogen) atoms. The Morgan fingerprint density at radius 2 is 2.05 bits per heavy atom. The molecule has 7 nitrogen and oxygen atoms in total. The fourth-order valence-corrected chi connectivity index (χ4v) is 6.57. The number of rotatable bonds is 10. The lowest BCUT2D eigenvalue weighted by molar-refractivity contribution is -0.246. The Morgan fingerprint density at radius 3 is 2.73 bits per heavy atom. The van der Waals surface area contributed by atoms with E-state index < -0.39 is 23.3 Å². The SMILES string of the molecule is COCCCC[C@@](O)(c1cccc(Cl)c1-c1cccc(C)c1)C1([C@H]2C[C@@H](N)[C@@H](O)C2)CN(C=O)CCO1. The summed E-state index contributed by atoms with van der Waals surface area (Å²) in [5.41, 5.74) is 6.95. The monoisotopic (exact) mass is 530 g/mol. The maximum atomic E-state index is 13.0. The largest absolute Gasteiger partial charge is 0.392 e. The number of hydrogen-bond acceptors (Lipinski definition) is 6. The second-order valence-corrected chi connectivity index (χ2v) is 11.0. The third-order valence-electron chi connectivity index (χ3n) is 8.16. The zero-order valence-corrected chi connectivity index (χ0v) is 22.5. The van der Waals surface area contributed by atoms with E-state index in [0.717, 1.165) is 29.5 Å². The highest BCUT2D eigenvalue weighted by Gasteiger charge is 2.61. The molecule has 2 aromatic carbocycles. The van der Waals surface area contributed by atoms with Crippen LogP contribution in [0.1, 0.15) is 43.2 Å². The molecule has 1 amide bonds.